The Kier molecular flexibility index (Phi) is 2.36. The molecule has 0 heterocycles. The van der Waals surface area contributed by atoms with E-state index in [4.69, 9.17) is 0 Å². The largest absolute Gasteiger partial charge is 0.294 e. The van der Waals surface area contributed by atoms with E-state index in [1.807, 2.05) is 6.07 Å². The van der Waals surface area contributed by atoms with Gasteiger partial charge in [0.1, 0.15) is 0 Å². The molecule has 0 aliphatic heterocycles. The molecule has 0 radical (unpaired) electrons. The van der Waals surface area contributed by atoms with Gasteiger partial charge in [0.05, 0.1) is 0 Å². The Hall–Kier alpha value is -1.11. The molecule has 2 unspecified atom stereocenters. The van der Waals surface area contributed by atoms with Gasteiger partial charge in [0.25, 0.3) is 0 Å². The van der Waals surface area contributed by atoms with Crippen LogP contribution in [0.2, 0.25) is 0 Å². The number of hydrogen-bond donors (Lipinski definition) is 0. The van der Waals surface area contributed by atoms with Crippen molar-refractivity contribution in [2.45, 2.75) is 44.4 Å². The highest BCUT2D eigenvalue weighted by Gasteiger charge is 2.47. The lowest BCUT2D eigenvalue weighted by Gasteiger charge is -2.26. The summed E-state index contributed by atoms with van der Waals surface area (Å²) in [5.74, 6) is 3.28. The van der Waals surface area contributed by atoms with Gasteiger partial charge in [-0.15, -0.1) is 0 Å². The minimum Gasteiger partial charge on any atom is -0.294 e. The lowest BCUT2D eigenvalue weighted by molar-refractivity contribution is 0.0914. The molecule has 3 fully saturated rings. The second kappa shape index (κ2) is 3.94. The molecule has 3 saturated carbocycles. The molecule has 0 bridgehead atoms. The molecule has 0 amide bonds. The number of carbonyl (C=O) groups excluding carboxylic acids is 1. The molecule has 0 N–H and O–H groups in total. The predicted octanol–water partition coefficient (Wildman–Crippen LogP) is 4.18. The summed E-state index contributed by atoms with van der Waals surface area (Å²) in [5.41, 5.74) is 2.38. The fourth-order valence-electron chi connectivity index (χ4n) is 3.85. The first-order chi connectivity index (χ1) is 8.81. The molecule has 1 aromatic carbocycles. The summed E-state index contributed by atoms with van der Waals surface area (Å²) in [5, 5.41) is 0. The minimum absolute atomic E-state index is 0.338. The van der Waals surface area contributed by atoms with Crippen molar-refractivity contribution in [1.82, 2.24) is 0 Å². The Morgan fingerprint density at radius 3 is 2.50 bits per heavy atom. The summed E-state index contributed by atoms with van der Waals surface area (Å²) < 4.78 is 0. The number of carbonyl (C=O) groups is 1. The Morgan fingerprint density at radius 2 is 1.83 bits per heavy atom. The third-order valence-corrected chi connectivity index (χ3v) is 5.36. The number of ketones is 1. The lowest BCUT2D eigenvalue weighted by Crippen LogP contribution is -2.14. The normalized spacial score (nSPS) is 33.9. The first-order valence-corrected chi connectivity index (χ1v) is 7.45. The molecule has 1 aromatic rings. The summed E-state index contributed by atoms with van der Waals surface area (Å²) in [6.45, 7) is 0. The maximum absolute atomic E-state index is 12.5. The van der Waals surface area contributed by atoms with E-state index in [1.165, 1.54) is 31.2 Å². The van der Waals surface area contributed by atoms with Crippen LogP contribution < -0.4 is 0 Å². The van der Waals surface area contributed by atoms with Gasteiger partial charge in [-0.2, -0.15) is 0 Å². The molecule has 2 atom stereocenters. The quantitative estimate of drug-likeness (QED) is 0.724. The third-order valence-electron chi connectivity index (χ3n) is 5.36. The van der Waals surface area contributed by atoms with Crippen molar-refractivity contribution in [3.8, 4) is 0 Å². The highest BCUT2D eigenvalue weighted by molar-refractivity contribution is 5.98. The average Bonchev–Trinajstić information content (AvgIpc) is 2.94. The highest BCUT2D eigenvalue weighted by Crippen LogP contribution is 2.55. The molecule has 0 spiro atoms. The fourth-order valence-corrected chi connectivity index (χ4v) is 3.85. The second-order valence-corrected chi connectivity index (χ2v) is 6.54. The van der Waals surface area contributed by atoms with E-state index >= 15 is 0 Å². The maximum Gasteiger partial charge on any atom is 0.165 e. The van der Waals surface area contributed by atoms with Gasteiger partial charge in [0, 0.05) is 11.5 Å². The van der Waals surface area contributed by atoms with Crippen LogP contribution >= 0.6 is 0 Å². The van der Waals surface area contributed by atoms with Crippen molar-refractivity contribution >= 4 is 5.78 Å². The fraction of sp³-hybridized carbons (Fsp3) is 0.588. The van der Waals surface area contributed by atoms with Gasteiger partial charge in [-0.25, -0.2) is 0 Å². The summed E-state index contributed by atoms with van der Waals surface area (Å²) in [6, 6.07) is 8.48. The van der Waals surface area contributed by atoms with Crippen LogP contribution in [-0.2, 0) is 0 Å². The van der Waals surface area contributed by atoms with Crippen LogP contribution in [0.5, 0.6) is 0 Å². The smallest absolute Gasteiger partial charge is 0.165 e. The van der Waals surface area contributed by atoms with Crippen molar-refractivity contribution in [2.75, 3.05) is 0 Å². The first-order valence-electron chi connectivity index (χ1n) is 7.45. The van der Waals surface area contributed by atoms with E-state index < -0.39 is 0 Å². The molecule has 1 nitrogen and oxygen atoms in total. The molecule has 18 heavy (non-hydrogen) atoms. The Balaban J connectivity index is 1.54. The zero-order valence-electron chi connectivity index (χ0n) is 10.8. The number of benzene rings is 1. The van der Waals surface area contributed by atoms with Crippen molar-refractivity contribution in [3.63, 3.8) is 0 Å². The van der Waals surface area contributed by atoms with Gasteiger partial charge in [-0.1, -0.05) is 24.6 Å². The van der Waals surface area contributed by atoms with E-state index in [1.54, 1.807) is 0 Å². The molecule has 3 aliphatic carbocycles. The van der Waals surface area contributed by atoms with Gasteiger partial charge in [0.15, 0.2) is 5.78 Å². The Bertz CT molecular complexity index is 476. The van der Waals surface area contributed by atoms with E-state index in [0.717, 1.165) is 36.2 Å². The van der Waals surface area contributed by atoms with Crippen LogP contribution in [0, 0.1) is 17.8 Å². The number of fused-ring (bicyclic) bond motifs is 1. The molecule has 3 aliphatic rings. The Labute approximate surface area is 109 Å². The van der Waals surface area contributed by atoms with Crippen LogP contribution in [0.4, 0.5) is 0 Å². The second-order valence-electron chi connectivity index (χ2n) is 6.54. The van der Waals surface area contributed by atoms with Gasteiger partial charge in [-0.05, 0) is 61.5 Å². The summed E-state index contributed by atoms with van der Waals surface area (Å²) >= 11 is 0. The van der Waals surface area contributed by atoms with Crippen LogP contribution in [0.25, 0.3) is 0 Å². The first kappa shape index (κ1) is 10.8. The zero-order chi connectivity index (χ0) is 12.1. The van der Waals surface area contributed by atoms with Crippen LogP contribution in [-0.4, -0.2) is 5.78 Å². The van der Waals surface area contributed by atoms with Crippen molar-refractivity contribution < 1.29 is 4.79 Å². The molecule has 4 rings (SSSR count). The summed E-state index contributed by atoms with van der Waals surface area (Å²) in [4.78, 5) is 12.5. The van der Waals surface area contributed by atoms with E-state index in [-0.39, 0.29) is 0 Å². The van der Waals surface area contributed by atoms with Gasteiger partial charge in [-0.3, -0.25) is 4.79 Å². The Morgan fingerprint density at radius 1 is 1.06 bits per heavy atom. The topological polar surface area (TPSA) is 17.1 Å². The zero-order valence-corrected chi connectivity index (χ0v) is 10.8. The average molecular weight is 240 g/mol. The van der Waals surface area contributed by atoms with E-state index in [9.17, 15) is 4.79 Å². The summed E-state index contributed by atoms with van der Waals surface area (Å²) in [6.07, 6.45) is 7.70. The third kappa shape index (κ3) is 1.72. The maximum atomic E-state index is 12.5. The van der Waals surface area contributed by atoms with Gasteiger partial charge >= 0.3 is 0 Å². The van der Waals surface area contributed by atoms with Crippen LogP contribution in [0.15, 0.2) is 24.3 Å². The number of hydrogen-bond acceptors (Lipinski definition) is 1. The highest BCUT2D eigenvalue weighted by atomic mass is 16.1. The van der Waals surface area contributed by atoms with Crippen molar-refractivity contribution in [3.05, 3.63) is 35.4 Å². The predicted molar refractivity (Wildman–Crippen MR) is 71.7 cm³/mol. The van der Waals surface area contributed by atoms with E-state index in [2.05, 4.69) is 18.2 Å². The molecule has 0 saturated heterocycles. The molecule has 1 heteroatoms. The van der Waals surface area contributed by atoms with Crippen molar-refractivity contribution in [1.29, 1.82) is 0 Å². The van der Waals surface area contributed by atoms with E-state index in [0.29, 0.717) is 11.7 Å². The molecule has 94 valence electrons. The number of rotatable bonds is 3. The van der Waals surface area contributed by atoms with Gasteiger partial charge < -0.3 is 0 Å². The molecule has 0 aromatic heterocycles. The summed E-state index contributed by atoms with van der Waals surface area (Å²) in [7, 11) is 0. The molecular weight excluding hydrogens is 220 g/mol. The minimum atomic E-state index is 0.338. The van der Waals surface area contributed by atoms with Crippen LogP contribution in [0.3, 0.4) is 0 Å². The van der Waals surface area contributed by atoms with Crippen molar-refractivity contribution in [2.24, 2.45) is 17.8 Å². The number of Topliss-reactive ketones (excluding diaryl/α,β-unsaturated/α-hetero) is 1. The molecular formula is C17H20O. The monoisotopic (exact) mass is 240 g/mol. The lowest BCUT2D eigenvalue weighted by atomic mass is 9.79. The van der Waals surface area contributed by atoms with Gasteiger partial charge in [0.2, 0.25) is 0 Å². The van der Waals surface area contributed by atoms with Crippen LogP contribution in [0.1, 0.15) is 60.4 Å². The standard InChI is InChI=1S/C17H20O/c18-17(16-9-14-8-15(14)10-16)13-6-2-5-12(7-13)11-3-1-4-11/h2,5-7,11,14-16H,1,3-4,8-10H2. The SMILES string of the molecule is O=C(c1cccc(C2CCC2)c1)C1CC2CC2C1.